The third kappa shape index (κ3) is 4.07. The standard InChI is InChI=1S/C20H16ClN3O2S/c21-14-7-5-13(6-8-14)9-10-22-17(25)11-27-20-19-18(23-12-24-20)15-3-1-2-4-16(15)26-19/h1-8,12H,9-11H2,(H,22,25). The first-order valence-electron chi connectivity index (χ1n) is 8.47. The van der Waals surface area contributed by atoms with Gasteiger partial charge < -0.3 is 9.73 Å². The van der Waals surface area contributed by atoms with E-state index >= 15 is 0 Å². The van der Waals surface area contributed by atoms with Crippen LogP contribution < -0.4 is 5.32 Å². The van der Waals surface area contributed by atoms with Gasteiger partial charge in [-0.05, 0) is 36.2 Å². The average molecular weight is 398 g/mol. The molecule has 0 spiro atoms. The minimum Gasteiger partial charge on any atom is -0.451 e. The molecule has 0 bridgehead atoms. The van der Waals surface area contributed by atoms with Gasteiger partial charge in [-0.1, -0.05) is 47.6 Å². The highest BCUT2D eigenvalue weighted by Gasteiger charge is 2.14. The third-order valence-corrected chi connectivity index (χ3v) is 5.34. The number of benzene rings is 2. The molecule has 0 aliphatic carbocycles. The molecule has 1 N–H and O–H groups in total. The van der Waals surface area contributed by atoms with E-state index in [1.54, 1.807) is 0 Å². The van der Waals surface area contributed by atoms with Crippen LogP contribution in [0.15, 0.2) is 64.3 Å². The quantitative estimate of drug-likeness (QED) is 0.383. The van der Waals surface area contributed by atoms with Gasteiger partial charge in [0.2, 0.25) is 5.91 Å². The SMILES string of the molecule is O=C(CSc1ncnc2c1oc1ccccc12)NCCc1ccc(Cl)cc1. The smallest absolute Gasteiger partial charge is 0.230 e. The van der Waals surface area contributed by atoms with Crippen molar-refractivity contribution in [2.75, 3.05) is 12.3 Å². The molecule has 0 radical (unpaired) electrons. The monoisotopic (exact) mass is 397 g/mol. The van der Waals surface area contributed by atoms with Crippen molar-refractivity contribution in [3.8, 4) is 0 Å². The fourth-order valence-electron chi connectivity index (χ4n) is 2.79. The molecular formula is C20H16ClN3O2S. The summed E-state index contributed by atoms with van der Waals surface area (Å²) in [5.74, 6) is 0.223. The molecule has 27 heavy (non-hydrogen) atoms. The number of hydrogen-bond donors (Lipinski definition) is 1. The topological polar surface area (TPSA) is 68.0 Å². The minimum absolute atomic E-state index is 0.0446. The molecule has 136 valence electrons. The van der Waals surface area contributed by atoms with Crippen LogP contribution in [0.5, 0.6) is 0 Å². The Hall–Kier alpha value is -2.57. The van der Waals surface area contributed by atoms with Crippen LogP contribution >= 0.6 is 23.4 Å². The van der Waals surface area contributed by atoms with Crippen molar-refractivity contribution >= 4 is 51.3 Å². The molecule has 4 rings (SSSR count). The Morgan fingerprint density at radius 2 is 1.93 bits per heavy atom. The number of carbonyl (C=O) groups excluding carboxylic acids is 1. The normalized spacial score (nSPS) is 11.1. The molecule has 0 atom stereocenters. The Kier molecular flexibility index (Phi) is 5.27. The molecule has 2 aromatic carbocycles. The second kappa shape index (κ2) is 7.98. The van der Waals surface area contributed by atoms with Gasteiger partial charge in [0.15, 0.2) is 5.58 Å². The van der Waals surface area contributed by atoms with Crippen LogP contribution in [0, 0.1) is 0 Å². The molecule has 2 aromatic heterocycles. The summed E-state index contributed by atoms with van der Waals surface area (Å²) in [5.41, 5.74) is 3.29. The fraction of sp³-hybridized carbons (Fsp3) is 0.150. The Balaban J connectivity index is 1.37. The molecule has 0 saturated heterocycles. The van der Waals surface area contributed by atoms with Crippen LogP contribution in [0.25, 0.3) is 22.1 Å². The summed E-state index contributed by atoms with van der Waals surface area (Å²) in [4.78, 5) is 20.7. The molecule has 0 aliphatic rings. The lowest BCUT2D eigenvalue weighted by molar-refractivity contribution is -0.118. The molecule has 0 saturated carbocycles. The number of aromatic nitrogens is 2. The van der Waals surface area contributed by atoms with Gasteiger partial charge in [-0.3, -0.25) is 4.79 Å². The Labute approximate surface area is 165 Å². The summed E-state index contributed by atoms with van der Waals surface area (Å²) in [7, 11) is 0. The van der Waals surface area contributed by atoms with Crippen LogP contribution in [-0.4, -0.2) is 28.2 Å². The maximum atomic E-state index is 12.1. The summed E-state index contributed by atoms with van der Waals surface area (Å²) in [6.45, 7) is 0.574. The van der Waals surface area contributed by atoms with Crippen molar-refractivity contribution in [1.82, 2.24) is 15.3 Å². The molecule has 1 amide bonds. The van der Waals surface area contributed by atoms with Crippen molar-refractivity contribution in [2.45, 2.75) is 11.4 Å². The number of nitrogens with one attached hydrogen (secondary N) is 1. The minimum atomic E-state index is -0.0446. The number of carbonyl (C=O) groups is 1. The van der Waals surface area contributed by atoms with Crippen molar-refractivity contribution in [3.05, 3.63) is 65.4 Å². The van der Waals surface area contributed by atoms with E-state index in [4.69, 9.17) is 16.0 Å². The van der Waals surface area contributed by atoms with Crippen LogP contribution in [0.3, 0.4) is 0 Å². The highest BCUT2D eigenvalue weighted by molar-refractivity contribution is 8.00. The van der Waals surface area contributed by atoms with E-state index in [1.165, 1.54) is 18.1 Å². The van der Waals surface area contributed by atoms with Gasteiger partial charge in [0.25, 0.3) is 0 Å². The molecule has 0 aliphatic heterocycles. The molecule has 0 unspecified atom stereocenters. The van der Waals surface area contributed by atoms with Crippen molar-refractivity contribution in [2.24, 2.45) is 0 Å². The van der Waals surface area contributed by atoms with E-state index in [0.29, 0.717) is 22.2 Å². The third-order valence-electron chi connectivity index (χ3n) is 4.11. The lowest BCUT2D eigenvalue weighted by atomic mass is 10.1. The number of furan rings is 1. The van der Waals surface area contributed by atoms with Crippen LogP contribution in [0.2, 0.25) is 5.02 Å². The summed E-state index contributed by atoms with van der Waals surface area (Å²) < 4.78 is 5.88. The number of rotatable bonds is 6. The maximum Gasteiger partial charge on any atom is 0.230 e. The fourth-order valence-corrected chi connectivity index (χ4v) is 3.67. The highest BCUT2D eigenvalue weighted by Crippen LogP contribution is 2.32. The first-order chi connectivity index (χ1) is 13.2. The van der Waals surface area contributed by atoms with E-state index in [9.17, 15) is 4.79 Å². The molecular weight excluding hydrogens is 382 g/mol. The van der Waals surface area contributed by atoms with E-state index in [1.807, 2.05) is 48.5 Å². The lowest BCUT2D eigenvalue weighted by Gasteiger charge is -2.05. The Morgan fingerprint density at radius 3 is 2.78 bits per heavy atom. The number of amides is 1. The summed E-state index contributed by atoms with van der Waals surface area (Å²) in [5, 5.41) is 5.25. The molecule has 2 heterocycles. The van der Waals surface area contributed by atoms with Crippen LogP contribution in [0.1, 0.15) is 5.56 Å². The van der Waals surface area contributed by atoms with E-state index in [-0.39, 0.29) is 11.7 Å². The molecule has 0 fully saturated rings. The molecule has 4 aromatic rings. The van der Waals surface area contributed by atoms with Gasteiger partial charge >= 0.3 is 0 Å². The molecule has 7 heteroatoms. The lowest BCUT2D eigenvalue weighted by Crippen LogP contribution is -2.27. The second-order valence-electron chi connectivity index (χ2n) is 5.97. The number of para-hydroxylation sites is 1. The number of halogens is 1. The van der Waals surface area contributed by atoms with Gasteiger partial charge in [-0.15, -0.1) is 0 Å². The predicted molar refractivity (Wildman–Crippen MR) is 108 cm³/mol. The number of hydrogen-bond acceptors (Lipinski definition) is 5. The first kappa shape index (κ1) is 17.8. The van der Waals surface area contributed by atoms with Gasteiger partial charge in [0.05, 0.1) is 5.75 Å². The van der Waals surface area contributed by atoms with E-state index in [2.05, 4.69) is 15.3 Å². The average Bonchev–Trinajstić information content (AvgIpc) is 3.07. The summed E-state index contributed by atoms with van der Waals surface area (Å²) >= 11 is 7.22. The van der Waals surface area contributed by atoms with Crippen LogP contribution in [-0.2, 0) is 11.2 Å². The molecule has 5 nitrogen and oxygen atoms in total. The summed E-state index contributed by atoms with van der Waals surface area (Å²) in [6, 6.07) is 15.3. The number of fused-ring (bicyclic) bond motifs is 3. The number of thioether (sulfide) groups is 1. The van der Waals surface area contributed by atoms with Crippen molar-refractivity contribution < 1.29 is 9.21 Å². The first-order valence-corrected chi connectivity index (χ1v) is 9.83. The summed E-state index contributed by atoms with van der Waals surface area (Å²) in [6.07, 6.45) is 2.26. The van der Waals surface area contributed by atoms with Crippen molar-refractivity contribution in [1.29, 1.82) is 0 Å². The second-order valence-corrected chi connectivity index (χ2v) is 7.37. The highest BCUT2D eigenvalue weighted by atomic mass is 35.5. The maximum absolute atomic E-state index is 12.1. The predicted octanol–water partition coefficient (Wildman–Crippen LogP) is 4.48. The largest absolute Gasteiger partial charge is 0.451 e. The van der Waals surface area contributed by atoms with Crippen molar-refractivity contribution in [3.63, 3.8) is 0 Å². The van der Waals surface area contributed by atoms with E-state index in [0.717, 1.165) is 28.5 Å². The number of nitrogens with zero attached hydrogens (tertiary/aromatic N) is 2. The zero-order valence-electron chi connectivity index (χ0n) is 14.3. The van der Waals surface area contributed by atoms with Gasteiger partial charge in [0.1, 0.15) is 22.5 Å². The Morgan fingerprint density at radius 1 is 1.11 bits per heavy atom. The van der Waals surface area contributed by atoms with Gasteiger partial charge in [-0.2, -0.15) is 0 Å². The zero-order chi connectivity index (χ0) is 18.6. The van der Waals surface area contributed by atoms with Gasteiger partial charge in [0, 0.05) is 17.0 Å². The zero-order valence-corrected chi connectivity index (χ0v) is 15.9. The van der Waals surface area contributed by atoms with E-state index < -0.39 is 0 Å². The Bertz CT molecular complexity index is 1100. The van der Waals surface area contributed by atoms with Gasteiger partial charge in [-0.25, -0.2) is 9.97 Å². The van der Waals surface area contributed by atoms with Crippen LogP contribution in [0.4, 0.5) is 0 Å².